The van der Waals surface area contributed by atoms with Gasteiger partial charge in [-0.2, -0.15) is 0 Å². The maximum absolute atomic E-state index is 9.29. The standard InChI is InChI=1S/C12H22N2O2S/c1-4-6-10-11(9-15)17-12(13-10)14(2)7-5-8-16-3/h15H,4-9H2,1-3H3. The lowest BCUT2D eigenvalue weighted by molar-refractivity contribution is 0.196. The number of hydrogen-bond donors (Lipinski definition) is 1. The van der Waals surface area contributed by atoms with E-state index in [0.29, 0.717) is 0 Å². The Morgan fingerprint density at radius 3 is 2.82 bits per heavy atom. The van der Waals surface area contributed by atoms with Gasteiger partial charge in [-0.05, 0) is 12.8 Å². The first-order chi connectivity index (χ1) is 8.22. The van der Waals surface area contributed by atoms with E-state index in [1.54, 1.807) is 18.4 Å². The molecule has 0 aliphatic rings. The maximum atomic E-state index is 9.29. The highest BCUT2D eigenvalue weighted by molar-refractivity contribution is 7.15. The summed E-state index contributed by atoms with van der Waals surface area (Å²) in [5.74, 6) is 0. The van der Waals surface area contributed by atoms with E-state index >= 15 is 0 Å². The summed E-state index contributed by atoms with van der Waals surface area (Å²) in [6, 6.07) is 0. The third kappa shape index (κ3) is 4.26. The first-order valence-electron chi connectivity index (χ1n) is 6.02. The van der Waals surface area contributed by atoms with Gasteiger partial charge in [0.1, 0.15) is 0 Å². The minimum absolute atomic E-state index is 0.0961. The number of hydrogen-bond acceptors (Lipinski definition) is 5. The van der Waals surface area contributed by atoms with E-state index in [9.17, 15) is 5.11 Å². The Kier molecular flexibility index (Phi) is 6.47. The highest BCUT2D eigenvalue weighted by Crippen LogP contribution is 2.26. The molecular weight excluding hydrogens is 236 g/mol. The van der Waals surface area contributed by atoms with E-state index < -0.39 is 0 Å². The highest BCUT2D eigenvalue weighted by Gasteiger charge is 2.12. The quantitative estimate of drug-likeness (QED) is 0.725. The average molecular weight is 258 g/mol. The fourth-order valence-electron chi connectivity index (χ4n) is 1.63. The van der Waals surface area contributed by atoms with Crippen molar-refractivity contribution >= 4 is 16.5 Å². The maximum Gasteiger partial charge on any atom is 0.185 e. The van der Waals surface area contributed by atoms with Gasteiger partial charge in [0.25, 0.3) is 0 Å². The van der Waals surface area contributed by atoms with Crippen LogP contribution in [-0.2, 0) is 17.8 Å². The number of thiazole rings is 1. The van der Waals surface area contributed by atoms with Gasteiger partial charge < -0.3 is 14.7 Å². The van der Waals surface area contributed by atoms with Crippen LogP contribution >= 0.6 is 11.3 Å². The molecular formula is C12H22N2O2S. The Hall–Kier alpha value is -0.650. The molecule has 0 aliphatic heterocycles. The number of aryl methyl sites for hydroxylation is 1. The zero-order valence-electron chi connectivity index (χ0n) is 10.9. The molecule has 4 nitrogen and oxygen atoms in total. The monoisotopic (exact) mass is 258 g/mol. The molecule has 1 N–H and O–H groups in total. The Morgan fingerprint density at radius 2 is 2.24 bits per heavy atom. The van der Waals surface area contributed by atoms with Gasteiger partial charge in [0.05, 0.1) is 17.2 Å². The molecule has 0 atom stereocenters. The fourth-order valence-corrected chi connectivity index (χ4v) is 2.58. The van der Waals surface area contributed by atoms with Gasteiger partial charge in [0.2, 0.25) is 0 Å². The molecule has 98 valence electrons. The van der Waals surface area contributed by atoms with Gasteiger partial charge >= 0.3 is 0 Å². The van der Waals surface area contributed by atoms with Crippen molar-refractivity contribution in [3.63, 3.8) is 0 Å². The summed E-state index contributed by atoms with van der Waals surface area (Å²) < 4.78 is 5.03. The smallest absolute Gasteiger partial charge is 0.185 e. The van der Waals surface area contributed by atoms with E-state index in [1.165, 1.54) is 0 Å². The summed E-state index contributed by atoms with van der Waals surface area (Å²) in [6.07, 6.45) is 2.99. The van der Waals surface area contributed by atoms with Crippen LogP contribution in [0.25, 0.3) is 0 Å². The van der Waals surface area contributed by atoms with Crippen LogP contribution in [0.3, 0.4) is 0 Å². The number of rotatable bonds is 8. The molecule has 0 unspecified atom stereocenters. The van der Waals surface area contributed by atoms with Crippen molar-refractivity contribution in [1.29, 1.82) is 0 Å². The number of methoxy groups -OCH3 is 1. The van der Waals surface area contributed by atoms with Crippen LogP contribution in [0.1, 0.15) is 30.3 Å². The second-order valence-electron chi connectivity index (χ2n) is 4.04. The molecule has 0 aromatic carbocycles. The number of nitrogens with zero attached hydrogens (tertiary/aromatic N) is 2. The lowest BCUT2D eigenvalue weighted by Crippen LogP contribution is -2.19. The van der Waals surface area contributed by atoms with Gasteiger partial charge in [0.15, 0.2) is 5.13 Å². The second kappa shape index (κ2) is 7.63. The average Bonchev–Trinajstić information content (AvgIpc) is 2.73. The molecule has 0 saturated carbocycles. The molecule has 1 aromatic rings. The topological polar surface area (TPSA) is 45.6 Å². The second-order valence-corrected chi connectivity index (χ2v) is 5.10. The first-order valence-corrected chi connectivity index (χ1v) is 6.84. The van der Waals surface area contributed by atoms with Crippen molar-refractivity contribution in [2.45, 2.75) is 32.8 Å². The van der Waals surface area contributed by atoms with Crippen LogP contribution < -0.4 is 4.90 Å². The van der Waals surface area contributed by atoms with Gasteiger partial charge in [0, 0.05) is 27.3 Å². The van der Waals surface area contributed by atoms with Gasteiger partial charge in [-0.1, -0.05) is 24.7 Å². The molecule has 1 rings (SSSR count). The van der Waals surface area contributed by atoms with Crippen molar-refractivity contribution in [3.05, 3.63) is 10.6 Å². The number of ether oxygens (including phenoxy) is 1. The largest absolute Gasteiger partial charge is 0.391 e. The highest BCUT2D eigenvalue weighted by atomic mass is 32.1. The van der Waals surface area contributed by atoms with Crippen LogP contribution in [0.5, 0.6) is 0 Å². The van der Waals surface area contributed by atoms with Crippen molar-refractivity contribution in [2.24, 2.45) is 0 Å². The predicted octanol–water partition coefficient (Wildman–Crippen LogP) is 2.06. The summed E-state index contributed by atoms with van der Waals surface area (Å²) in [5.41, 5.74) is 1.05. The Balaban J connectivity index is 2.63. The van der Waals surface area contributed by atoms with Crippen molar-refractivity contribution in [1.82, 2.24) is 4.98 Å². The van der Waals surface area contributed by atoms with Gasteiger partial charge in [-0.3, -0.25) is 0 Å². The number of aliphatic hydroxyl groups is 1. The minimum atomic E-state index is 0.0961. The molecule has 0 radical (unpaired) electrons. The number of aromatic nitrogens is 1. The summed E-state index contributed by atoms with van der Waals surface area (Å²) in [6.45, 7) is 3.92. The van der Waals surface area contributed by atoms with E-state index in [1.807, 2.05) is 7.05 Å². The summed E-state index contributed by atoms with van der Waals surface area (Å²) in [5, 5.41) is 10.3. The van der Waals surface area contributed by atoms with E-state index in [2.05, 4.69) is 16.8 Å². The fraction of sp³-hybridized carbons (Fsp3) is 0.750. The van der Waals surface area contributed by atoms with Crippen LogP contribution in [0, 0.1) is 0 Å². The molecule has 17 heavy (non-hydrogen) atoms. The Labute approximate surface area is 107 Å². The molecule has 0 amide bonds. The van der Waals surface area contributed by atoms with Crippen LogP contribution in [0.4, 0.5) is 5.13 Å². The van der Waals surface area contributed by atoms with E-state index in [-0.39, 0.29) is 6.61 Å². The minimum Gasteiger partial charge on any atom is -0.391 e. The molecule has 1 heterocycles. The molecule has 1 aromatic heterocycles. The first kappa shape index (κ1) is 14.4. The lowest BCUT2D eigenvalue weighted by Gasteiger charge is -2.14. The molecule has 0 saturated heterocycles. The lowest BCUT2D eigenvalue weighted by atomic mass is 10.2. The molecule has 5 heteroatoms. The van der Waals surface area contributed by atoms with E-state index in [4.69, 9.17) is 4.74 Å². The van der Waals surface area contributed by atoms with Crippen molar-refractivity contribution in [2.75, 3.05) is 32.2 Å². The summed E-state index contributed by atoms with van der Waals surface area (Å²) >= 11 is 1.59. The van der Waals surface area contributed by atoms with Gasteiger partial charge in [-0.25, -0.2) is 4.98 Å². The third-order valence-electron chi connectivity index (χ3n) is 2.57. The van der Waals surface area contributed by atoms with E-state index in [0.717, 1.165) is 48.1 Å². The van der Waals surface area contributed by atoms with Crippen molar-refractivity contribution in [3.8, 4) is 0 Å². The zero-order chi connectivity index (χ0) is 12.7. The normalized spacial score (nSPS) is 10.8. The summed E-state index contributed by atoms with van der Waals surface area (Å²) in [4.78, 5) is 7.72. The Bertz CT molecular complexity index is 328. The van der Waals surface area contributed by atoms with Crippen LogP contribution in [0.2, 0.25) is 0 Å². The van der Waals surface area contributed by atoms with Crippen LogP contribution in [0.15, 0.2) is 0 Å². The molecule has 0 spiro atoms. The van der Waals surface area contributed by atoms with Crippen molar-refractivity contribution < 1.29 is 9.84 Å². The third-order valence-corrected chi connectivity index (χ3v) is 3.76. The number of aliphatic hydroxyl groups excluding tert-OH is 1. The summed E-state index contributed by atoms with van der Waals surface area (Å²) in [7, 11) is 3.75. The van der Waals surface area contributed by atoms with Crippen LogP contribution in [-0.4, -0.2) is 37.4 Å². The predicted molar refractivity (Wildman–Crippen MR) is 71.8 cm³/mol. The molecule has 0 fully saturated rings. The van der Waals surface area contributed by atoms with Gasteiger partial charge in [-0.15, -0.1) is 0 Å². The number of anilines is 1. The zero-order valence-corrected chi connectivity index (χ0v) is 11.7. The Morgan fingerprint density at radius 1 is 1.47 bits per heavy atom. The SMILES string of the molecule is CCCc1nc(N(C)CCCOC)sc1CO. The molecule has 0 aliphatic carbocycles. The molecule has 0 bridgehead atoms.